The summed E-state index contributed by atoms with van der Waals surface area (Å²) in [6.45, 7) is 6.33. The average Bonchev–Trinajstić information content (AvgIpc) is 2.50. The summed E-state index contributed by atoms with van der Waals surface area (Å²) in [4.78, 5) is 3.89. The second-order valence-corrected chi connectivity index (χ2v) is 3.44. The van der Waals surface area contributed by atoms with Crippen molar-refractivity contribution in [3.63, 3.8) is 0 Å². The molecule has 1 aromatic heterocycles. The van der Waals surface area contributed by atoms with E-state index in [0.717, 1.165) is 6.61 Å². The molecular weight excluding hydrogens is 182 g/mol. The third-order valence-electron chi connectivity index (χ3n) is 1.48. The number of hydrogen-bond donors (Lipinski definition) is 3. The molecule has 6 heteroatoms. The topological polar surface area (TPSA) is 88.8 Å². The van der Waals surface area contributed by atoms with Gasteiger partial charge in [0, 0.05) is 13.2 Å². The number of H-pyrrole nitrogens is 1. The first kappa shape index (κ1) is 10.8. The van der Waals surface area contributed by atoms with E-state index < -0.39 is 0 Å². The van der Waals surface area contributed by atoms with E-state index in [1.54, 1.807) is 0 Å². The SMILES string of the molecule is CC(C)COCCNc1n[nH]c(N)n1. The number of nitrogens with one attached hydrogen (secondary N) is 2. The van der Waals surface area contributed by atoms with Crippen LogP contribution in [0, 0.1) is 5.92 Å². The molecule has 14 heavy (non-hydrogen) atoms. The molecule has 0 spiro atoms. The lowest BCUT2D eigenvalue weighted by Gasteiger charge is -2.06. The van der Waals surface area contributed by atoms with Gasteiger partial charge in [-0.1, -0.05) is 13.8 Å². The van der Waals surface area contributed by atoms with E-state index in [9.17, 15) is 0 Å². The molecule has 0 aliphatic heterocycles. The van der Waals surface area contributed by atoms with E-state index in [0.29, 0.717) is 31.0 Å². The molecule has 0 bridgehead atoms. The summed E-state index contributed by atoms with van der Waals surface area (Å²) < 4.78 is 5.36. The van der Waals surface area contributed by atoms with Crippen LogP contribution in [0.1, 0.15) is 13.8 Å². The summed E-state index contributed by atoms with van der Waals surface area (Å²) in [7, 11) is 0. The van der Waals surface area contributed by atoms with Crippen LogP contribution in [0.5, 0.6) is 0 Å². The van der Waals surface area contributed by atoms with Crippen LogP contribution in [0.2, 0.25) is 0 Å². The summed E-state index contributed by atoms with van der Waals surface area (Å²) in [6, 6.07) is 0. The van der Waals surface area contributed by atoms with E-state index in [1.807, 2.05) is 0 Å². The van der Waals surface area contributed by atoms with Crippen LogP contribution in [0.4, 0.5) is 11.9 Å². The molecular formula is C8H17N5O. The molecule has 4 N–H and O–H groups in total. The summed E-state index contributed by atoms with van der Waals surface area (Å²) >= 11 is 0. The number of hydrogen-bond acceptors (Lipinski definition) is 5. The van der Waals surface area contributed by atoms with Crippen LogP contribution in [0.25, 0.3) is 0 Å². The minimum absolute atomic E-state index is 0.315. The van der Waals surface area contributed by atoms with Crippen molar-refractivity contribution < 1.29 is 4.74 Å². The molecule has 0 aromatic carbocycles. The Morgan fingerprint density at radius 2 is 2.36 bits per heavy atom. The number of nitrogens with zero attached hydrogens (tertiary/aromatic N) is 2. The van der Waals surface area contributed by atoms with E-state index >= 15 is 0 Å². The fourth-order valence-electron chi connectivity index (χ4n) is 0.907. The molecule has 0 aliphatic rings. The summed E-state index contributed by atoms with van der Waals surface area (Å²) in [5.74, 6) is 1.39. The highest BCUT2D eigenvalue weighted by Crippen LogP contribution is 1.98. The second kappa shape index (κ2) is 5.43. The Balaban J connectivity index is 2.04. The van der Waals surface area contributed by atoms with E-state index in [4.69, 9.17) is 10.5 Å². The molecule has 6 nitrogen and oxygen atoms in total. The van der Waals surface area contributed by atoms with Crippen molar-refractivity contribution >= 4 is 11.9 Å². The molecule has 1 rings (SSSR count). The molecule has 0 atom stereocenters. The highest BCUT2D eigenvalue weighted by Gasteiger charge is 1.98. The predicted molar refractivity (Wildman–Crippen MR) is 54.9 cm³/mol. The van der Waals surface area contributed by atoms with Gasteiger partial charge < -0.3 is 15.8 Å². The normalized spacial score (nSPS) is 10.8. The van der Waals surface area contributed by atoms with Gasteiger partial charge in [-0.15, -0.1) is 5.10 Å². The number of anilines is 2. The number of nitrogen functional groups attached to an aromatic ring is 1. The molecule has 0 aliphatic carbocycles. The molecule has 0 saturated carbocycles. The van der Waals surface area contributed by atoms with Crippen LogP contribution in [-0.2, 0) is 4.74 Å². The molecule has 80 valence electrons. The van der Waals surface area contributed by atoms with E-state index in [-0.39, 0.29) is 0 Å². The maximum absolute atomic E-state index is 5.36. The Morgan fingerprint density at radius 1 is 1.57 bits per heavy atom. The first-order valence-corrected chi connectivity index (χ1v) is 4.68. The summed E-state index contributed by atoms with van der Waals surface area (Å²) in [5, 5.41) is 9.34. The largest absolute Gasteiger partial charge is 0.379 e. The molecule has 0 radical (unpaired) electrons. The number of ether oxygens (including phenoxy) is 1. The smallest absolute Gasteiger partial charge is 0.243 e. The van der Waals surface area contributed by atoms with Crippen molar-refractivity contribution in [2.24, 2.45) is 5.92 Å². The monoisotopic (exact) mass is 199 g/mol. The molecule has 0 unspecified atom stereocenters. The number of nitrogens with two attached hydrogens (primary N) is 1. The highest BCUT2D eigenvalue weighted by atomic mass is 16.5. The molecule has 1 aromatic rings. The van der Waals surface area contributed by atoms with Crippen LogP contribution in [0.3, 0.4) is 0 Å². The van der Waals surface area contributed by atoms with Crippen molar-refractivity contribution in [1.82, 2.24) is 15.2 Å². The zero-order valence-corrected chi connectivity index (χ0v) is 8.58. The van der Waals surface area contributed by atoms with Crippen molar-refractivity contribution in [2.45, 2.75) is 13.8 Å². The molecule has 0 fully saturated rings. The lowest BCUT2D eigenvalue weighted by atomic mass is 10.2. The van der Waals surface area contributed by atoms with E-state index in [1.165, 1.54) is 0 Å². The van der Waals surface area contributed by atoms with Gasteiger partial charge in [0.2, 0.25) is 11.9 Å². The third kappa shape index (κ3) is 4.08. The second-order valence-electron chi connectivity index (χ2n) is 3.44. The predicted octanol–water partition coefficient (Wildman–Crippen LogP) is 0.471. The Kier molecular flexibility index (Phi) is 4.18. The van der Waals surface area contributed by atoms with Crippen LogP contribution in [-0.4, -0.2) is 34.9 Å². The fourth-order valence-corrected chi connectivity index (χ4v) is 0.907. The standard InChI is InChI=1S/C8H17N5O/c1-6(2)5-14-4-3-10-8-11-7(9)12-13-8/h6H,3-5H2,1-2H3,(H4,9,10,11,12,13). The van der Waals surface area contributed by atoms with Gasteiger partial charge in [0.25, 0.3) is 0 Å². The summed E-state index contributed by atoms with van der Waals surface area (Å²) in [6.07, 6.45) is 0. The maximum atomic E-state index is 5.36. The average molecular weight is 199 g/mol. The van der Waals surface area contributed by atoms with Crippen molar-refractivity contribution in [2.75, 3.05) is 30.8 Å². The summed E-state index contributed by atoms with van der Waals surface area (Å²) in [5.41, 5.74) is 5.35. The minimum atomic E-state index is 0.315. The van der Waals surface area contributed by atoms with Gasteiger partial charge in [0.1, 0.15) is 0 Å². The number of aromatic nitrogens is 3. The highest BCUT2D eigenvalue weighted by molar-refractivity contribution is 5.29. The zero-order chi connectivity index (χ0) is 10.4. The lowest BCUT2D eigenvalue weighted by Crippen LogP contribution is -2.12. The Hall–Kier alpha value is -1.30. The molecule has 0 saturated heterocycles. The maximum Gasteiger partial charge on any atom is 0.243 e. The van der Waals surface area contributed by atoms with Gasteiger partial charge in [0.15, 0.2) is 0 Å². The number of rotatable bonds is 6. The zero-order valence-electron chi connectivity index (χ0n) is 8.58. The van der Waals surface area contributed by atoms with Gasteiger partial charge in [0.05, 0.1) is 6.61 Å². The van der Waals surface area contributed by atoms with Gasteiger partial charge >= 0.3 is 0 Å². The van der Waals surface area contributed by atoms with E-state index in [2.05, 4.69) is 34.3 Å². The minimum Gasteiger partial charge on any atom is -0.379 e. The van der Waals surface area contributed by atoms with Crippen LogP contribution >= 0.6 is 0 Å². The Bertz CT molecular complexity index is 260. The molecule has 0 amide bonds. The van der Waals surface area contributed by atoms with Crippen molar-refractivity contribution in [3.8, 4) is 0 Å². The van der Waals surface area contributed by atoms with Crippen LogP contribution in [0.15, 0.2) is 0 Å². The van der Waals surface area contributed by atoms with Crippen LogP contribution < -0.4 is 11.1 Å². The molecule has 1 heterocycles. The first-order valence-electron chi connectivity index (χ1n) is 4.68. The quantitative estimate of drug-likeness (QED) is 0.579. The van der Waals surface area contributed by atoms with Crippen molar-refractivity contribution in [1.29, 1.82) is 0 Å². The Morgan fingerprint density at radius 3 is 2.93 bits per heavy atom. The van der Waals surface area contributed by atoms with Gasteiger partial charge in [-0.2, -0.15) is 4.98 Å². The van der Waals surface area contributed by atoms with Gasteiger partial charge in [-0.25, -0.2) is 5.10 Å². The van der Waals surface area contributed by atoms with Gasteiger partial charge in [-0.3, -0.25) is 0 Å². The third-order valence-corrected chi connectivity index (χ3v) is 1.48. The lowest BCUT2D eigenvalue weighted by molar-refractivity contribution is 0.118. The Labute approximate surface area is 83.2 Å². The van der Waals surface area contributed by atoms with Crippen molar-refractivity contribution in [3.05, 3.63) is 0 Å². The number of aromatic amines is 1. The van der Waals surface area contributed by atoms with Gasteiger partial charge in [-0.05, 0) is 5.92 Å². The fraction of sp³-hybridized carbons (Fsp3) is 0.750. The first-order chi connectivity index (χ1) is 6.68.